The van der Waals surface area contributed by atoms with E-state index < -0.39 is 0 Å². The standard InChI is InChI=1S/C16H28N2O4/c1-2-20-13-16-5-3-7-18(16)14(4-6-16)12-22-15(19)17-8-10-21-11-9-17/h14H,2-13H2,1H3/t14-,16?/m1/s1. The molecule has 1 amide bonds. The molecular formula is C16H28N2O4. The van der Waals surface area contributed by atoms with Crippen LogP contribution in [0.1, 0.15) is 32.6 Å². The van der Waals surface area contributed by atoms with Crippen molar-refractivity contribution in [1.29, 1.82) is 0 Å². The molecule has 3 rings (SSSR count). The molecule has 3 heterocycles. The molecule has 3 saturated heterocycles. The highest BCUT2D eigenvalue weighted by atomic mass is 16.6. The van der Waals surface area contributed by atoms with Gasteiger partial charge in [0.05, 0.1) is 19.8 Å². The summed E-state index contributed by atoms with van der Waals surface area (Å²) < 4.78 is 16.6. The molecule has 0 aromatic carbocycles. The van der Waals surface area contributed by atoms with Crippen molar-refractivity contribution in [2.75, 3.05) is 52.7 Å². The molecule has 0 N–H and O–H groups in total. The molecule has 2 atom stereocenters. The van der Waals surface area contributed by atoms with Gasteiger partial charge in [0.15, 0.2) is 0 Å². The summed E-state index contributed by atoms with van der Waals surface area (Å²) in [5.41, 5.74) is 0.200. The van der Waals surface area contributed by atoms with Crippen LogP contribution in [0.5, 0.6) is 0 Å². The Bertz CT molecular complexity index is 386. The highest BCUT2D eigenvalue weighted by Gasteiger charge is 2.49. The van der Waals surface area contributed by atoms with Gasteiger partial charge in [0.2, 0.25) is 0 Å². The van der Waals surface area contributed by atoms with Crippen LogP contribution >= 0.6 is 0 Å². The zero-order valence-corrected chi connectivity index (χ0v) is 13.6. The Morgan fingerprint density at radius 2 is 2.09 bits per heavy atom. The second-order valence-corrected chi connectivity index (χ2v) is 6.53. The van der Waals surface area contributed by atoms with Gasteiger partial charge in [-0.15, -0.1) is 0 Å². The van der Waals surface area contributed by atoms with Gasteiger partial charge in [0, 0.05) is 31.3 Å². The first-order chi connectivity index (χ1) is 10.7. The smallest absolute Gasteiger partial charge is 0.409 e. The zero-order valence-electron chi connectivity index (χ0n) is 13.6. The van der Waals surface area contributed by atoms with Gasteiger partial charge in [0.1, 0.15) is 6.61 Å². The lowest BCUT2D eigenvalue weighted by Gasteiger charge is -2.35. The lowest BCUT2D eigenvalue weighted by Crippen LogP contribution is -2.48. The third-order valence-electron chi connectivity index (χ3n) is 5.28. The first kappa shape index (κ1) is 16.0. The number of nitrogens with zero attached hydrogens (tertiary/aromatic N) is 2. The second kappa shape index (κ2) is 7.15. The Morgan fingerprint density at radius 1 is 1.27 bits per heavy atom. The molecule has 22 heavy (non-hydrogen) atoms. The topological polar surface area (TPSA) is 51.2 Å². The van der Waals surface area contributed by atoms with Crippen LogP contribution in [-0.4, -0.2) is 80.1 Å². The van der Waals surface area contributed by atoms with Crippen molar-refractivity contribution in [2.24, 2.45) is 0 Å². The zero-order chi connectivity index (χ0) is 15.4. The maximum absolute atomic E-state index is 12.1. The molecule has 3 aliphatic rings. The maximum Gasteiger partial charge on any atom is 0.409 e. The van der Waals surface area contributed by atoms with Gasteiger partial charge >= 0.3 is 6.09 Å². The molecular weight excluding hydrogens is 284 g/mol. The number of morpholine rings is 1. The van der Waals surface area contributed by atoms with Gasteiger partial charge in [-0.1, -0.05) is 0 Å². The quantitative estimate of drug-likeness (QED) is 0.770. The maximum atomic E-state index is 12.1. The summed E-state index contributed by atoms with van der Waals surface area (Å²) in [6.07, 6.45) is 4.50. The number of amides is 1. The van der Waals surface area contributed by atoms with Crippen molar-refractivity contribution < 1.29 is 19.0 Å². The number of carbonyl (C=O) groups is 1. The van der Waals surface area contributed by atoms with Crippen molar-refractivity contribution >= 4 is 6.09 Å². The molecule has 0 aliphatic carbocycles. The molecule has 3 aliphatic heterocycles. The molecule has 6 nitrogen and oxygen atoms in total. The summed E-state index contributed by atoms with van der Waals surface area (Å²) >= 11 is 0. The van der Waals surface area contributed by atoms with E-state index in [1.807, 2.05) is 6.92 Å². The van der Waals surface area contributed by atoms with Gasteiger partial charge in [0.25, 0.3) is 0 Å². The summed E-state index contributed by atoms with van der Waals surface area (Å²) in [6.45, 7) is 7.75. The summed E-state index contributed by atoms with van der Waals surface area (Å²) in [5.74, 6) is 0. The monoisotopic (exact) mass is 312 g/mol. The van der Waals surface area contributed by atoms with Crippen LogP contribution in [0.4, 0.5) is 4.79 Å². The van der Waals surface area contributed by atoms with Gasteiger partial charge < -0.3 is 19.1 Å². The summed E-state index contributed by atoms with van der Waals surface area (Å²) in [7, 11) is 0. The fourth-order valence-electron chi connectivity index (χ4n) is 4.09. The van der Waals surface area contributed by atoms with Crippen LogP contribution in [0.15, 0.2) is 0 Å². The Labute approximate surface area is 132 Å². The van der Waals surface area contributed by atoms with Gasteiger partial charge in [-0.25, -0.2) is 4.79 Å². The van der Waals surface area contributed by atoms with Crippen molar-refractivity contribution in [1.82, 2.24) is 9.80 Å². The van der Waals surface area contributed by atoms with E-state index in [4.69, 9.17) is 14.2 Å². The first-order valence-corrected chi connectivity index (χ1v) is 8.59. The SMILES string of the molecule is CCOCC12CCCN1[C@@H](COC(=O)N1CCOCC1)CC2. The van der Waals surface area contributed by atoms with E-state index >= 15 is 0 Å². The van der Waals surface area contributed by atoms with Crippen LogP contribution in [0, 0.1) is 0 Å². The number of hydrogen-bond acceptors (Lipinski definition) is 5. The Kier molecular flexibility index (Phi) is 5.21. The highest BCUT2D eigenvalue weighted by molar-refractivity contribution is 5.67. The molecule has 126 valence electrons. The van der Waals surface area contributed by atoms with Crippen molar-refractivity contribution in [3.8, 4) is 0 Å². The number of ether oxygens (including phenoxy) is 3. The predicted molar refractivity (Wildman–Crippen MR) is 81.9 cm³/mol. The van der Waals surface area contributed by atoms with E-state index in [9.17, 15) is 4.79 Å². The fraction of sp³-hybridized carbons (Fsp3) is 0.938. The van der Waals surface area contributed by atoms with E-state index in [-0.39, 0.29) is 11.6 Å². The minimum Gasteiger partial charge on any atom is -0.448 e. The molecule has 0 radical (unpaired) electrons. The van der Waals surface area contributed by atoms with E-state index in [1.165, 1.54) is 12.8 Å². The number of fused-ring (bicyclic) bond motifs is 1. The Hall–Kier alpha value is -0.850. The summed E-state index contributed by atoms with van der Waals surface area (Å²) in [6, 6.07) is 0.355. The minimum absolute atomic E-state index is 0.190. The Morgan fingerprint density at radius 3 is 2.86 bits per heavy atom. The third kappa shape index (κ3) is 3.24. The minimum atomic E-state index is -0.190. The summed E-state index contributed by atoms with van der Waals surface area (Å²) in [5, 5.41) is 0. The number of hydrogen-bond donors (Lipinski definition) is 0. The van der Waals surface area contributed by atoms with E-state index in [0.717, 1.165) is 32.6 Å². The third-order valence-corrected chi connectivity index (χ3v) is 5.28. The fourth-order valence-corrected chi connectivity index (χ4v) is 4.09. The molecule has 0 aromatic heterocycles. The van der Waals surface area contributed by atoms with Gasteiger partial charge in [-0.05, 0) is 39.2 Å². The van der Waals surface area contributed by atoms with Crippen molar-refractivity contribution in [3.05, 3.63) is 0 Å². The average molecular weight is 312 g/mol. The summed E-state index contributed by atoms with van der Waals surface area (Å²) in [4.78, 5) is 16.4. The van der Waals surface area contributed by atoms with Gasteiger partial charge in [-0.2, -0.15) is 0 Å². The average Bonchev–Trinajstić information content (AvgIpc) is 3.11. The largest absolute Gasteiger partial charge is 0.448 e. The molecule has 0 saturated carbocycles. The number of carbonyl (C=O) groups excluding carboxylic acids is 1. The van der Waals surface area contributed by atoms with E-state index in [1.54, 1.807) is 4.90 Å². The van der Waals surface area contributed by atoms with Crippen molar-refractivity contribution in [2.45, 2.75) is 44.2 Å². The Balaban J connectivity index is 1.50. The molecule has 6 heteroatoms. The van der Waals surface area contributed by atoms with Crippen LogP contribution < -0.4 is 0 Å². The molecule has 3 fully saturated rings. The lowest BCUT2D eigenvalue weighted by atomic mass is 9.95. The molecule has 0 bridgehead atoms. The molecule has 0 aromatic rings. The number of rotatable bonds is 5. The van der Waals surface area contributed by atoms with Gasteiger partial charge in [-0.3, -0.25) is 4.90 Å². The van der Waals surface area contributed by atoms with E-state index in [0.29, 0.717) is 39.0 Å². The normalized spacial score (nSPS) is 32.2. The second-order valence-electron chi connectivity index (χ2n) is 6.53. The van der Waals surface area contributed by atoms with Crippen LogP contribution in [0.2, 0.25) is 0 Å². The van der Waals surface area contributed by atoms with Crippen LogP contribution in [-0.2, 0) is 14.2 Å². The van der Waals surface area contributed by atoms with Crippen molar-refractivity contribution in [3.63, 3.8) is 0 Å². The van der Waals surface area contributed by atoms with E-state index in [2.05, 4.69) is 4.90 Å². The highest BCUT2D eigenvalue weighted by Crippen LogP contribution is 2.42. The van der Waals surface area contributed by atoms with Crippen LogP contribution in [0.3, 0.4) is 0 Å². The van der Waals surface area contributed by atoms with Crippen LogP contribution in [0.25, 0.3) is 0 Å². The molecule has 0 spiro atoms. The predicted octanol–water partition coefficient (Wildman–Crippen LogP) is 1.49. The molecule has 1 unspecified atom stereocenters. The lowest BCUT2D eigenvalue weighted by molar-refractivity contribution is 0.00345. The first-order valence-electron chi connectivity index (χ1n) is 8.59.